The highest BCUT2D eigenvalue weighted by Gasteiger charge is 2.13. The van der Waals surface area contributed by atoms with Crippen molar-refractivity contribution in [2.75, 3.05) is 0 Å². The normalized spacial score (nSPS) is 11.0. The Hall–Kier alpha value is -2.32. The fourth-order valence-electron chi connectivity index (χ4n) is 2.50. The first-order chi connectivity index (χ1) is 10.3. The summed E-state index contributed by atoms with van der Waals surface area (Å²) in [6.07, 6.45) is 0. The molecule has 0 saturated heterocycles. The lowest BCUT2D eigenvalue weighted by Gasteiger charge is -2.19. The van der Waals surface area contributed by atoms with Crippen LogP contribution < -0.4 is 5.32 Å². The van der Waals surface area contributed by atoms with Gasteiger partial charge in [0.05, 0.1) is 12.6 Å². The van der Waals surface area contributed by atoms with E-state index in [2.05, 4.69) is 53.8 Å². The maximum atomic E-state index is 5.64. The van der Waals surface area contributed by atoms with Gasteiger partial charge < -0.3 is 4.42 Å². The first kappa shape index (κ1) is 13.7. The van der Waals surface area contributed by atoms with Gasteiger partial charge in [-0.15, -0.1) is 0 Å². The van der Waals surface area contributed by atoms with E-state index in [-0.39, 0.29) is 6.04 Å². The zero-order valence-corrected chi connectivity index (χ0v) is 12.1. The van der Waals surface area contributed by atoms with Gasteiger partial charge in [0.2, 0.25) is 0 Å². The zero-order chi connectivity index (χ0) is 14.5. The second kappa shape index (κ2) is 6.42. The van der Waals surface area contributed by atoms with Gasteiger partial charge >= 0.3 is 0 Å². The molecular formula is C19H19NO. The average molecular weight is 277 g/mol. The summed E-state index contributed by atoms with van der Waals surface area (Å²) in [5.74, 6) is 1.91. The van der Waals surface area contributed by atoms with Crippen LogP contribution in [-0.2, 0) is 6.54 Å². The minimum atomic E-state index is 0.165. The van der Waals surface area contributed by atoms with E-state index >= 15 is 0 Å². The summed E-state index contributed by atoms with van der Waals surface area (Å²) in [7, 11) is 0. The molecule has 106 valence electrons. The molecule has 0 atom stereocenters. The molecule has 2 aromatic carbocycles. The maximum Gasteiger partial charge on any atom is 0.117 e. The van der Waals surface area contributed by atoms with Crippen LogP contribution in [0.2, 0.25) is 0 Å². The monoisotopic (exact) mass is 277 g/mol. The van der Waals surface area contributed by atoms with Crippen molar-refractivity contribution in [3.8, 4) is 0 Å². The van der Waals surface area contributed by atoms with Crippen molar-refractivity contribution in [3.63, 3.8) is 0 Å². The summed E-state index contributed by atoms with van der Waals surface area (Å²) in [5, 5.41) is 3.59. The fraction of sp³-hybridized carbons (Fsp3) is 0.158. The first-order valence-corrected chi connectivity index (χ1v) is 7.21. The Labute approximate surface area is 125 Å². The van der Waals surface area contributed by atoms with E-state index in [0.29, 0.717) is 6.54 Å². The van der Waals surface area contributed by atoms with Crippen molar-refractivity contribution < 1.29 is 4.42 Å². The third-order valence-electron chi connectivity index (χ3n) is 3.54. The summed E-state index contributed by atoms with van der Waals surface area (Å²) in [5.41, 5.74) is 2.51. The molecule has 0 amide bonds. The summed E-state index contributed by atoms with van der Waals surface area (Å²) in [6, 6.07) is 25.2. The van der Waals surface area contributed by atoms with Crippen LogP contribution in [0.15, 0.2) is 77.2 Å². The minimum absolute atomic E-state index is 0.165. The van der Waals surface area contributed by atoms with Crippen LogP contribution in [-0.4, -0.2) is 0 Å². The molecule has 0 aliphatic rings. The lowest BCUT2D eigenvalue weighted by molar-refractivity contribution is 0.450. The molecule has 0 spiro atoms. The van der Waals surface area contributed by atoms with Crippen molar-refractivity contribution in [3.05, 3.63) is 95.4 Å². The lowest BCUT2D eigenvalue weighted by Crippen LogP contribution is -2.21. The van der Waals surface area contributed by atoms with E-state index in [9.17, 15) is 0 Å². The van der Waals surface area contributed by atoms with Crippen LogP contribution in [0, 0.1) is 6.92 Å². The molecule has 1 N–H and O–H groups in total. The fourth-order valence-corrected chi connectivity index (χ4v) is 2.50. The molecule has 2 nitrogen and oxygen atoms in total. The Bertz CT molecular complexity index is 634. The van der Waals surface area contributed by atoms with Gasteiger partial charge in [0, 0.05) is 0 Å². The number of rotatable bonds is 5. The highest BCUT2D eigenvalue weighted by molar-refractivity contribution is 5.31. The molecule has 2 heteroatoms. The van der Waals surface area contributed by atoms with Crippen molar-refractivity contribution in [1.82, 2.24) is 5.32 Å². The van der Waals surface area contributed by atoms with Gasteiger partial charge in [-0.25, -0.2) is 0 Å². The summed E-state index contributed by atoms with van der Waals surface area (Å²) in [4.78, 5) is 0. The Morgan fingerprint density at radius 2 is 1.38 bits per heavy atom. The van der Waals surface area contributed by atoms with Crippen LogP contribution in [0.3, 0.4) is 0 Å². The van der Waals surface area contributed by atoms with Gasteiger partial charge in [-0.05, 0) is 30.2 Å². The van der Waals surface area contributed by atoms with Gasteiger partial charge in [-0.1, -0.05) is 60.7 Å². The number of aryl methyl sites for hydroxylation is 1. The van der Waals surface area contributed by atoms with Crippen LogP contribution >= 0.6 is 0 Å². The number of hydrogen-bond acceptors (Lipinski definition) is 2. The zero-order valence-electron chi connectivity index (χ0n) is 12.1. The molecular weight excluding hydrogens is 258 g/mol. The molecule has 0 aliphatic heterocycles. The van der Waals surface area contributed by atoms with Gasteiger partial charge in [-0.2, -0.15) is 0 Å². The lowest BCUT2D eigenvalue weighted by atomic mass is 9.99. The van der Waals surface area contributed by atoms with E-state index in [4.69, 9.17) is 4.42 Å². The molecule has 0 unspecified atom stereocenters. The molecule has 0 radical (unpaired) electrons. The van der Waals surface area contributed by atoms with E-state index < -0.39 is 0 Å². The first-order valence-electron chi connectivity index (χ1n) is 7.21. The van der Waals surface area contributed by atoms with Gasteiger partial charge in [0.15, 0.2) is 0 Å². The predicted molar refractivity (Wildman–Crippen MR) is 85.0 cm³/mol. The topological polar surface area (TPSA) is 25.2 Å². The molecule has 3 aromatic rings. The molecule has 3 rings (SSSR count). The molecule has 0 fully saturated rings. The van der Waals surface area contributed by atoms with Crippen LogP contribution in [0.25, 0.3) is 0 Å². The second-order valence-corrected chi connectivity index (χ2v) is 5.15. The minimum Gasteiger partial charge on any atom is -0.465 e. The largest absolute Gasteiger partial charge is 0.465 e. The van der Waals surface area contributed by atoms with Crippen molar-refractivity contribution >= 4 is 0 Å². The van der Waals surface area contributed by atoms with Crippen molar-refractivity contribution in [1.29, 1.82) is 0 Å². The molecule has 21 heavy (non-hydrogen) atoms. The molecule has 1 aromatic heterocycles. The standard InChI is InChI=1S/C19H19NO/c1-15-12-13-18(21-15)14-20-19(16-8-4-2-5-9-16)17-10-6-3-7-11-17/h2-13,19-20H,14H2,1H3. The van der Waals surface area contributed by atoms with Gasteiger partial charge in [0.1, 0.15) is 11.5 Å². The third-order valence-corrected chi connectivity index (χ3v) is 3.54. The Kier molecular flexibility index (Phi) is 4.17. The van der Waals surface area contributed by atoms with E-state index in [1.165, 1.54) is 11.1 Å². The van der Waals surface area contributed by atoms with Crippen LogP contribution in [0.5, 0.6) is 0 Å². The van der Waals surface area contributed by atoms with Gasteiger partial charge in [-0.3, -0.25) is 5.32 Å². The van der Waals surface area contributed by atoms with E-state index in [1.807, 2.05) is 31.2 Å². The molecule has 0 saturated carbocycles. The number of hydrogen-bond donors (Lipinski definition) is 1. The number of furan rings is 1. The van der Waals surface area contributed by atoms with Crippen LogP contribution in [0.4, 0.5) is 0 Å². The Balaban J connectivity index is 1.83. The summed E-state index contributed by atoms with van der Waals surface area (Å²) < 4.78 is 5.64. The SMILES string of the molecule is Cc1ccc(CNC(c2ccccc2)c2ccccc2)o1. The van der Waals surface area contributed by atoms with E-state index in [1.54, 1.807) is 0 Å². The average Bonchev–Trinajstić information content (AvgIpc) is 2.95. The number of benzene rings is 2. The predicted octanol–water partition coefficient (Wildman–Crippen LogP) is 4.47. The Morgan fingerprint density at radius 3 is 1.86 bits per heavy atom. The Morgan fingerprint density at radius 1 is 0.810 bits per heavy atom. The van der Waals surface area contributed by atoms with Crippen molar-refractivity contribution in [2.24, 2.45) is 0 Å². The highest BCUT2D eigenvalue weighted by Crippen LogP contribution is 2.22. The van der Waals surface area contributed by atoms with Crippen LogP contribution in [0.1, 0.15) is 28.7 Å². The quantitative estimate of drug-likeness (QED) is 0.744. The summed E-state index contributed by atoms with van der Waals surface area (Å²) in [6.45, 7) is 2.68. The molecule has 0 bridgehead atoms. The molecule has 0 aliphatic carbocycles. The highest BCUT2D eigenvalue weighted by atomic mass is 16.3. The third kappa shape index (κ3) is 3.41. The summed E-state index contributed by atoms with van der Waals surface area (Å²) >= 11 is 0. The smallest absolute Gasteiger partial charge is 0.117 e. The van der Waals surface area contributed by atoms with Crippen molar-refractivity contribution in [2.45, 2.75) is 19.5 Å². The maximum absolute atomic E-state index is 5.64. The van der Waals surface area contributed by atoms with E-state index in [0.717, 1.165) is 11.5 Å². The number of nitrogens with one attached hydrogen (secondary N) is 1. The van der Waals surface area contributed by atoms with Gasteiger partial charge in [0.25, 0.3) is 0 Å². The molecule has 1 heterocycles. The second-order valence-electron chi connectivity index (χ2n) is 5.15.